The molecule has 1 aromatic heterocycles. The number of benzene rings is 3. The molecule has 2 N–H and O–H groups in total. The van der Waals surface area contributed by atoms with Crippen LogP contribution in [0.1, 0.15) is 28.4 Å². The van der Waals surface area contributed by atoms with Gasteiger partial charge in [-0.25, -0.2) is 0 Å². The van der Waals surface area contributed by atoms with Crippen molar-refractivity contribution in [3.8, 4) is 17.2 Å². The maximum atomic E-state index is 12.1. The number of phenols is 2. The van der Waals surface area contributed by atoms with Gasteiger partial charge in [0.15, 0.2) is 11.2 Å². The van der Waals surface area contributed by atoms with E-state index < -0.39 is 0 Å². The summed E-state index contributed by atoms with van der Waals surface area (Å²) in [6.07, 6.45) is 1.20. The van der Waals surface area contributed by atoms with Gasteiger partial charge in [0.2, 0.25) is 0 Å². The molecule has 0 spiro atoms. The van der Waals surface area contributed by atoms with Crippen LogP contribution in [0.25, 0.3) is 11.0 Å². The standard InChI is InChI=1S/C15H12O4.C9H6O2/c16-10-6-11(17)15-12(18)8-13(19-14(15)7-10)9-4-2-1-3-5-9;10-8-5-6-11-9-4-2-1-3-7(8)9/h1-7,13,16-17H,8H2;1-6H. The molecule has 150 valence electrons. The van der Waals surface area contributed by atoms with E-state index in [1.165, 1.54) is 18.4 Å². The molecule has 3 aromatic carbocycles. The van der Waals surface area contributed by atoms with E-state index in [2.05, 4.69) is 0 Å². The van der Waals surface area contributed by atoms with Gasteiger partial charge >= 0.3 is 0 Å². The molecule has 30 heavy (non-hydrogen) atoms. The number of carbonyl (C=O) groups is 1. The lowest BCUT2D eigenvalue weighted by Gasteiger charge is -2.26. The lowest BCUT2D eigenvalue weighted by atomic mass is 9.95. The first-order valence-corrected chi connectivity index (χ1v) is 9.30. The van der Waals surface area contributed by atoms with Crippen LogP contribution < -0.4 is 10.2 Å². The highest BCUT2D eigenvalue weighted by atomic mass is 16.5. The van der Waals surface area contributed by atoms with Crippen molar-refractivity contribution in [2.45, 2.75) is 12.5 Å². The zero-order valence-corrected chi connectivity index (χ0v) is 15.8. The lowest BCUT2D eigenvalue weighted by Crippen LogP contribution is -2.20. The van der Waals surface area contributed by atoms with Crippen molar-refractivity contribution in [2.75, 3.05) is 0 Å². The van der Waals surface area contributed by atoms with Crippen molar-refractivity contribution in [3.63, 3.8) is 0 Å². The van der Waals surface area contributed by atoms with E-state index in [9.17, 15) is 19.8 Å². The van der Waals surface area contributed by atoms with Gasteiger partial charge in [-0.3, -0.25) is 9.59 Å². The Morgan fingerprint density at radius 2 is 1.60 bits per heavy atom. The molecule has 1 aliphatic heterocycles. The number of hydrogen-bond donors (Lipinski definition) is 2. The van der Waals surface area contributed by atoms with Crippen LogP contribution in [0.3, 0.4) is 0 Å². The minimum atomic E-state index is -0.387. The molecule has 6 nitrogen and oxygen atoms in total. The molecular formula is C24H18O6. The summed E-state index contributed by atoms with van der Waals surface area (Å²) in [6.45, 7) is 0. The average molecular weight is 402 g/mol. The summed E-state index contributed by atoms with van der Waals surface area (Å²) in [5, 5.41) is 19.8. The quantitative estimate of drug-likeness (QED) is 0.483. The largest absolute Gasteiger partial charge is 0.508 e. The smallest absolute Gasteiger partial charge is 0.192 e. The summed E-state index contributed by atoms with van der Waals surface area (Å²) in [4.78, 5) is 23.2. The molecular weight excluding hydrogens is 384 g/mol. The normalized spacial score (nSPS) is 14.9. The highest BCUT2D eigenvalue weighted by molar-refractivity contribution is 6.02. The summed E-state index contributed by atoms with van der Waals surface area (Å²) in [5.74, 6) is -0.334. The number of fused-ring (bicyclic) bond motifs is 2. The predicted molar refractivity (Wildman–Crippen MR) is 111 cm³/mol. The van der Waals surface area contributed by atoms with Gasteiger partial charge in [0.05, 0.1) is 18.1 Å². The van der Waals surface area contributed by atoms with Crippen molar-refractivity contribution < 1.29 is 24.2 Å². The van der Waals surface area contributed by atoms with Crippen molar-refractivity contribution in [3.05, 3.63) is 100 Å². The average Bonchev–Trinajstić information content (AvgIpc) is 2.74. The monoisotopic (exact) mass is 402 g/mol. The zero-order valence-electron chi connectivity index (χ0n) is 15.8. The number of rotatable bonds is 1. The molecule has 1 atom stereocenters. The van der Waals surface area contributed by atoms with E-state index in [0.29, 0.717) is 11.0 Å². The van der Waals surface area contributed by atoms with Crippen LogP contribution in [-0.2, 0) is 0 Å². The zero-order chi connectivity index (χ0) is 21.1. The Hall–Kier alpha value is -4.06. The molecule has 0 fully saturated rings. The van der Waals surface area contributed by atoms with Gasteiger partial charge in [0.1, 0.15) is 34.5 Å². The molecule has 0 saturated heterocycles. The molecule has 0 saturated carbocycles. The van der Waals surface area contributed by atoms with Crippen LogP contribution in [0.4, 0.5) is 0 Å². The summed E-state index contributed by atoms with van der Waals surface area (Å²) >= 11 is 0. The maximum Gasteiger partial charge on any atom is 0.192 e. The van der Waals surface area contributed by atoms with Gasteiger partial charge in [0, 0.05) is 18.2 Å². The summed E-state index contributed by atoms with van der Waals surface area (Å²) < 4.78 is 10.8. The number of para-hydroxylation sites is 1. The number of carbonyl (C=O) groups excluding carboxylic acids is 1. The fourth-order valence-corrected chi connectivity index (χ4v) is 3.31. The number of ketones is 1. The maximum absolute atomic E-state index is 12.1. The number of phenolic OH excluding ortho intramolecular Hbond substituents is 2. The Morgan fingerprint density at radius 3 is 2.37 bits per heavy atom. The van der Waals surface area contributed by atoms with Gasteiger partial charge in [-0.05, 0) is 17.7 Å². The third kappa shape index (κ3) is 3.89. The van der Waals surface area contributed by atoms with Crippen molar-refractivity contribution >= 4 is 16.8 Å². The second-order valence-corrected chi connectivity index (χ2v) is 6.76. The van der Waals surface area contributed by atoms with E-state index in [-0.39, 0.29) is 46.5 Å². The van der Waals surface area contributed by atoms with E-state index in [4.69, 9.17) is 9.15 Å². The first kappa shape index (κ1) is 19.3. The highest BCUT2D eigenvalue weighted by Gasteiger charge is 2.30. The molecule has 6 heteroatoms. The van der Waals surface area contributed by atoms with Gasteiger partial charge < -0.3 is 19.4 Å². The van der Waals surface area contributed by atoms with Gasteiger partial charge in [-0.2, -0.15) is 0 Å². The minimum Gasteiger partial charge on any atom is -0.508 e. The first-order chi connectivity index (χ1) is 14.5. The van der Waals surface area contributed by atoms with Crippen LogP contribution in [0, 0.1) is 0 Å². The van der Waals surface area contributed by atoms with E-state index in [1.54, 1.807) is 12.1 Å². The van der Waals surface area contributed by atoms with Gasteiger partial charge in [0.25, 0.3) is 0 Å². The van der Waals surface area contributed by atoms with Crippen molar-refractivity contribution in [1.29, 1.82) is 0 Å². The van der Waals surface area contributed by atoms with Crippen LogP contribution in [0.15, 0.2) is 88.3 Å². The topological polar surface area (TPSA) is 97.0 Å². The van der Waals surface area contributed by atoms with E-state index in [0.717, 1.165) is 11.6 Å². The van der Waals surface area contributed by atoms with Crippen LogP contribution in [0.5, 0.6) is 17.2 Å². The summed E-state index contributed by atoms with van der Waals surface area (Å²) in [5.41, 5.74) is 1.68. The Bertz CT molecular complexity index is 1250. The van der Waals surface area contributed by atoms with Crippen molar-refractivity contribution in [1.82, 2.24) is 0 Å². The second kappa shape index (κ2) is 8.13. The Labute approximate surface area is 171 Å². The molecule has 0 bridgehead atoms. The molecule has 5 rings (SSSR count). The van der Waals surface area contributed by atoms with E-state index >= 15 is 0 Å². The Balaban J connectivity index is 0.000000168. The van der Waals surface area contributed by atoms with Crippen LogP contribution in [0.2, 0.25) is 0 Å². The number of Topliss-reactive ketones (excluding diaryl/α,β-unsaturated/α-hetero) is 1. The summed E-state index contributed by atoms with van der Waals surface area (Å²) in [6, 6.07) is 20.5. The van der Waals surface area contributed by atoms with Crippen LogP contribution in [-0.4, -0.2) is 16.0 Å². The number of hydrogen-bond acceptors (Lipinski definition) is 6. The third-order valence-electron chi connectivity index (χ3n) is 4.72. The Morgan fingerprint density at radius 1 is 0.867 bits per heavy atom. The SMILES string of the molecule is O=C1CC(c2ccccc2)Oc2cc(O)cc(O)c21.O=c1ccoc2ccccc12. The Kier molecular flexibility index (Phi) is 5.22. The molecule has 0 amide bonds. The predicted octanol–water partition coefficient (Wildman–Crippen LogP) is 4.60. The molecule has 4 aromatic rings. The molecule has 0 aliphatic carbocycles. The van der Waals surface area contributed by atoms with Crippen LogP contribution >= 0.6 is 0 Å². The minimum absolute atomic E-state index is 0.00634. The second-order valence-electron chi connectivity index (χ2n) is 6.76. The highest BCUT2D eigenvalue weighted by Crippen LogP contribution is 2.41. The van der Waals surface area contributed by atoms with Gasteiger partial charge in [-0.15, -0.1) is 0 Å². The van der Waals surface area contributed by atoms with Crippen molar-refractivity contribution in [2.24, 2.45) is 0 Å². The number of ether oxygens (including phenoxy) is 1. The van der Waals surface area contributed by atoms with E-state index in [1.807, 2.05) is 42.5 Å². The molecule has 2 heterocycles. The fourth-order valence-electron chi connectivity index (χ4n) is 3.31. The molecule has 0 radical (unpaired) electrons. The fraction of sp³-hybridized carbons (Fsp3) is 0.0833. The lowest BCUT2D eigenvalue weighted by molar-refractivity contribution is 0.0845. The summed E-state index contributed by atoms with van der Waals surface area (Å²) in [7, 11) is 0. The molecule has 1 unspecified atom stereocenters. The van der Waals surface area contributed by atoms with Gasteiger partial charge in [-0.1, -0.05) is 42.5 Å². The third-order valence-corrected chi connectivity index (χ3v) is 4.72. The number of aromatic hydroxyl groups is 2. The first-order valence-electron chi connectivity index (χ1n) is 9.30. The molecule has 1 aliphatic rings.